The highest BCUT2D eigenvalue weighted by Gasteiger charge is 2.24. The first-order chi connectivity index (χ1) is 19.8. The summed E-state index contributed by atoms with van der Waals surface area (Å²) in [7, 11) is 0. The van der Waals surface area contributed by atoms with Gasteiger partial charge in [-0.2, -0.15) is 0 Å². The van der Waals surface area contributed by atoms with Crippen LogP contribution in [-0.4, -0.2) is 34.5 Å². The van der Waals surface area contributed by atoms with Crippen molar-refractivity contribution >= 4 is 34.2 Å². The molecule has 1 fully saturated rings. The highest BCUT2D eigenvalue weighted by molar-refractivity contribution is 6.06. The molecule has 2 heterocycles. The first-order valence-corrected chi connectivity index (χ1v) is 14.2. The van der Waals surface area contributed by atoms with Gasteiger partial charge in [0.05, 0.1) is 23.5 Å². The molecule has 0 spiro atoms. The first kappa shape index (κ1) is 24.3. The maximum atomic E-state index is 5.17. The molecule has 2 N–H and O–H groups in total. The van der Waals surface area contributed by atoms with Gasteiger partial charge in [-0.3, -0.25) is 9.98 Å². The number of aromatic nitrogens is 2. The molecule has 0 amide bonds. The first-order valence-electron chi connectivity index (χ1n) is 14.2. The monoisotopic (exact) mass is 520 g/mol. The van der Waals surface area contributed by atoms with E-state index in [-0.39, 0.29) is 12.1 Å². The summed E-state index contributed by atoms with van der Waals surface area (Å²) < 4.78 is 0. The van der Waals surface area contributed by atoms with Crippen LogP contribution in [0.1, 0.15) is 37.1 Å². The van der Waals surface area contributed by atoms with Crippen LogP contribution < -0.4 is 0 Å². The van der Waals surface area contributed by atoms with Crippen molar-refractivity contribution < 1.29 is 0 Å². The number of H-pyrrole nitrogens is 2. The van der Waals surface area contributed by atoms with Crippen LogP contribution in [0.5, 0.6) is 0 Å². The van der Waals surface area contributed by atoms with Crippen LogP contribution in [0.3, 0.4) is 0 Å². The van der Waals surface area contributed by atoms with Crippen molar-refractivity contribution in [2.75, 3.05) is 0 Å². The van der Waals surface area contributed by atoms with E-state index in [0.717, 1.165) is 35.3 Å². The van der Waals surface area contributed by atoms with Crippen molar-refractivity contribution in [1.29, 1.82) is 0 Å². The second-order valence-corrected chi connectivity index (χ2v) is 10.6. The largest absolute Gasteiger partial charge is 0.353 e. The molecule has 4 aromatic carbocycles. The second-order valence-electron chi connectivity index (χ2n) is 10.6. The van der Waals surface area contributed by atoms with Gasteiger partial charge >= 0.3 is 0 Å². The minimum atomic E-state index is 0.157. The average Bonchev–Trinajstić information content (AvgIpc) is 3.58. The van der Waals surface area contributed by atoms with E-state index in [9.17, 15) is 0 Å². The number of benzene rings is 4. The molecule has 0 unspecified atom stereocenters. The maximum Gasteiger partial charge on any atom is 0.0723 e. The standard InChI is InChI=1S/C36H32N4/c1-3-13-25(14-4-1)35-27-17-7-9-19-29(27)39-33(35)23-37-31-21-11-12-22-32(31)38-24-34-36(26-15-5-2-6-16-26)28-18-8-10-20-30(28)40-34/h1-10,13-20,23-24,31-32,39-40H,11-12,21-22H2/t31-,32-/m1/s1. The van der Waals surface area contributed by atoms with Gasteiger partial charge in [-0.1, -0.05) is 110 Å². The number of nitrogens with zero attached hydrogens (tertiary/aromatic N) is 2. The number of fused-ring (bicyclic) bond motifs is 2. The third kappa shape index (κ3) is 4.66. The van der Waals surface area contributed by atoms with E-state index in [1.54, 1.807) is 0 Å². The summed E-state index contributed by atoms with van der Waals surface area (Å²) in [4.78, 5) is 17.6. The summed E-state index contributed by atoms with van der Waals surface area (Å²) in [5.41, 5.74) is 9.20. The topological polar surface area (TPSA) is 56.3 Å². The van der Waals surface area contributed by atoms with Crippen LogP contribution in [0.25, 0.3) is 44.1 Å². The molecule has 2 aromatic heterocycles. The van der Waals surface area contributed by atoms with Crippen molar-refractivity contribution in [3.05, 3.63) is 121 Å². The fourth-order valence-corrected chi connectivity index (χ4v) is 6.13. The van der Waals surface area contributed by atoms with Gasteiger partial charge < -0.3 is 9.97 Å². The van der Waals surface area contributed by atoms with Gasteiger partial charge in [-0.15, -0.1) is 0 Å². The van der Waals surface area contributed by atoms with Gasteiger partial charge in [0.2, 0.25) is 0 Å². The molecule has 6 aromatic rings. The molecule has 40 heavy (non-hydrogen) atoms. The maximum absolute atomic E-state index is 5.17. The molecule has 2 atom stereocenters. The fourth-order valence-electron chi connectivity index (χ4n) is 6.13. The molecular formula is C36H32N4. The van der Waals surface area contributed by atoms with Gasteiger partial charge in [0.15, 0.2) is 0 Å². The average molecular weight is 521 g/mol. The van der Waals surface area contributed by atoms with Crippen molar-refractivity contribution in [1.82, 2.24) is 9.97 Å². The van der Waals surface area contributed by atoms with Gasteiger partial charge in [0, 0.05) is 45.4 Å². The number of aliphatic imine (C=N–C) groups is 2. The van der Waals surface area contributed by atoms with Gasteiger partial charge in [0.1, 0.15) is 0 Å². The lowest BCUT2D eigenvalue weighted by Crippen LogP contribution is -2.27. The van der Waals surface area contributed by atoms with Crippen LogP contribution in [0.15, 0.2) is 119 Å². The zero-order chi connectivity index (χ0) is 26.7. The van der Waals surface area contributed by atoms with E-state index in [2.05, 4.69) is 132 Å². The van der Waals surface area contributed by atoms with Crippen molar-refractivity contribution in [3.8, 4) is 22.3 Å². The number of para-hydroxylation sites is 2. The molecular weight excluding hydrogens is 488 g/mol. The molecule has 1 saturated carbocycles. The molecule has 4 heteroatoms. The van der Waals surface area contributed by atoms with E-state index in [1.807, 2.05) is 0 Å². The van der Waals surface area contributed by atoms with Crippen molar-refractivity contribution in [2.24, 2.45) is 9.98 Å². The molecule has 0 aliphatic heterocycles. The van der Waals surface area contributed by atoms with Gasteiger partial charge in [-0.25, -0.2) is 0 Å². The van der Waals surface area contributed by atoms with E-state index in [4.69, 9.17) is 9.98 Å². The molecule has 0 bridgehead atoms. The third-order valence-electron chi connectivity index (χ3n) is 8.08. The van der Waals surface area contributed by atoms with E-state index in [0.29, 0.717) is 0 Å². The molecule has 4 nitrogen and oxygen atoms in total. The Morgan fingerprint density at radius 2 is 0.900 bits per heavy atom. The lowest BCUT2D eigenvalue weighted by Gasteiger charge is -2.25. The lowest BCUT2D eigenvalue weighted by molar-refractivity contribution is 0.390. The zero-order valence-electron chi connectivity index (χ0n) is 22.4. The van der Waals surface area contributed by atoms with Crippen LogP contribution in [-0.2, 0) is 0 Å². The lowest BCUT2D eigenvalue weighted by atomic mass is 9.91. The quantitative estimate of drug-likeness (QED) is 0.206. The normalized spacial score (nSPS) is 17.9. The number of hydrogen-bond acceptors (Lipinski definition) is 2. The highest BCUT2D eigenvalue weighted by Crippen LogP contribution is 2.34. The molecule has 7 rings (SSSR count). The minimum absolute atomic E-state index is 0.157. The third-order valence-corrected chi connectivity index (χ3v) is 8.08. The Labute approximate surface area is 234 Å². The Kier molecular flexibility index (Phi) is 6.58. The van der Waals surface area contributed by atoms with Crippen LogP contribution in [0, 0.1) is 0 Å². The molecule has 0 radical (unpaired) electrons. The summed E-state index contributed by atoms with van der Waals surface area (Å²) in [5.74, 6) is 0. The summed E-state index contributed by atoms with van der Waals surface area (Å²) in [6.45, 7) is 0. The predicted octanol–water partition coefficient (Wildman–Crippen LogP) is 8.83. The Hall–Kier alpha value is -4.70. The number of rotatable bonds is 6. The Morgan fingerprint density at radius 1 is 0.500 bits per heavy atom. The minimum Gasteiger partial charge on any atom is -0.353 e. The van der Waals surface area contributed by atoms with Crippen LogP contribution >= 0.6 is 0 Å². The smallest absolute Gasteiger partial charge is 0.0723 e. The summed E-state index contributed by atoms with van der Waals surface area (Å²) in [6.07, 6.45) is 8.59. The zero-order valence-corrected chi connectivity index (χ0v) is 22.4. The second kappa shape index (κ2) is 10.8. The van der Waals surface area contributed by atoms with E-state index < -0.39 is 0 Å². The Bertz CT molecular complexity index is 1670. The van der Waals surface area contributed by atoms with Crippen LogP contribution in [0.2, 0.25) is 0 Å². The SMILES string of the molecule is C(=N[C@@H]1CCCC[C@H]1N=Cc1[nH]c2ccccc2c1-c1ccccc1)c1[nH]c2ccccc2c1-c1ccccc1. The summed E-state index contributed by atoms with van der Waals surface area (Å²) in [6, 6.07) is 38.5. The van der Waals surface area contributed by atoms with E-state index >= 15 is 0 Å². The van der Waals surface area contributed by atoms with Gasteiger partial charge in [-0.05, 0) is 36.1 Å². The summed E-state index contributed by atoms with van der Waals surface area (Å²) in [5, 5.41) is 2.45. The fraction of sp³-hybridized carbons (Fsp3) is 0.167. The highest BCUT2D eigenvalue weighted by atomic mass is 14.9. The Morgan fingerprint density at radius 3 is 1.35 bits per heavy atom. The van der Waals surface area contributed by atoms with Crippen LogP contribution in [0.4, 0.5) is 0 Å². The van der Waals surface area contributed by atoms with Crippen molar-refractivity contribution in [2.45, 2.75) is 37.8 Å². The Balaban J connectivity index is 1.22. The molecule has 0 saturated heterocycles. The summed E-state index contributed by atoms with van der Waals surface area (Å²) >= 11 is 0. The number of hydrogen-bond donors (Lipinski definition) is 2. The van der Waals surface area contributed by atoms with Gasteiger partial charge in [0.25, 0.3) is 0 Å². The van der Waals surface area contributed by atoms with Crippen molar-refractivity contribution in [3.63, 3.8) is 0 Å². The number of nitrogens with one attached hydrogen (secondary N) is 2. The molecule has 1 aliphatic rings. The predicted molar refractivity (Wildman–Crippen MR) is 169 cm³/mol. The number of aromatic amines is 2. The molecule has 196 valence electrons. The molecule has 1 aliphatic carbocycles. The van der Waals surface area contributed by atoms with E-state index in [1.165, 1.54) is 45.9 Å².